The number of carbonyl (C=O) groups is 1. The van der Waals surface area contributed by atoms with E-state index < -0.39 is 12.3 Å². The molecular formula is C22H22F3N3O4S. The summed E-state index contributed by atoms with van der Waals surface area (Å²) in [5.74, 6) is -0.225. The van der Waals surface area contributed by atoms with Crippen LogP contribution in [0.4, 0.5) is 18.3 Å². The summed E-state index contributed by atoms with van der Waals surface area (Å²) >= 11 is 1.31. The van der Waals surface area contributed by atoms with E-state index in [0.29, 0.717) is 23.0 Å². The summed E-state index contributed by atoms with van der Waals surface area (Å²) in [6.07, 6.45) is -3.57. The Kier molecular flexibility index (Phi) is 6.73. The summed E-state index contributed by atoms with van der Waals surface area (Å²) in [5.41, 5.74) is 1.44. The number of aryl methyl sites for hydroxylation is 1. The third-order valence-electron chi connectivity index (χ3n) is 5.23. The van der Waals surface area contributed by atoms with Crippen LogP contribution in [-0.2, 0) is 6.54 Å². The summed E-state index contributed by atoms with van der Waals surface area (Å²) in [7, 11) is 0. The molecular weight excluding hydrogens is 459 g/mol. The molecule has 3 aromatic rings. The number of alkyl halides is 3. The highest BCUT2D eigenvalue weighted by Gasteiger charge is 2.31. The van der Waals surface area contributed by atoms with E-state index in [1.807, 2.05) is 5.38 Å². The molecule has 0 aliphatic carbocycles. The van der Waals surface area contributed by atoms with Crippen molar-refractivity contribution in [2.75, 3.05) is 18.4 Å². The van der Waals surface area contributed by atoms with Crippen LogP contribution in [0.1, 0.15) is 34.7 Å². The molecule has 0 radical (unpaired) electrons. The highest BCUT2D eigenvalue weighted by Crippen LogP contribution is 2.31. The fourth-order valence-electron chi connectivity index (χ4n) is 3.60. The summed E-state index contributed by atoms with van der Waals surface area (Å²) in [4.78, 5) is 19.4. The Morgan fingerprint density at radius 3 is 2.82 bits per heavy atom. The molecule has 11 heteroatoms. The van der Waals surface area contributed by atoms with Crippen LogP contribution < -0.4 is 10.1 Å². The zero-order valence-electron chi connectivity index (χ0n) is 17.7. The Morgan fingerprint density at radius 2 is 2.09 bits per heavy atom. The number of anilines is 1. The zero-order valence-corrected chi connectivity index (χ0v) is 18.5. The number of aliphatic hydroxyl groups excluding tert-OH is 1. The van der Waals surface area contributed by atoms with Crippen molar-refractivity contribution in [3.05, 3.63) is 52.7 Å². The van der Waals surface area contributed by atoms with E-state index in [-0.39, 0.29) is 23.2 Å². The molecule has 0 saturated carbocycles. The first-order valence-electron chi connectivity index (χ1n) is 10.3. The van der Waals surface area contributed by atoms with Crippen molar-refractivity contribution in [1.29, 1.82) is 0 Å². The van der Waals surface area contributed by atoms with Crippen LogP contribution in [0.25, 0.3) is 11.3 Å². The minimum Gasteiger partial charge on any atom is -0.461 e. The van der Waals surface area contributed by atoms with Gasteiger partial charge in [0.1, 0.15) is 17.3 Å². The fourth-order valence-corrected chi connectivity index (χ4v) is 4.30. The number of amides is 1. The number of ether oxygens (including phenoxy) is 1. The van der Waals surface area contributed by atoms with E-state index in [1.165, 1.54) is 35.6 Å². The molecule has 1 fully saturated rings. The summed E-state index contributed by atoms with van der Waals surface area (Å²) < 4.78 is 47.0. The molecule has 1 saturated heterocycles. The summed E-state index contributed by atoms with van der Waals surface area (Å²) in [6, 6.07) is 6.83. The van der Waals surface area contributed by atoms with Gasteiger partial charge in [0.15, 0.2) is 5.13 Å². The first-order chi connectivity index (χ1) is 15.7. The lowest BCUT2D eigenvalue weighted by Gasteiger charge is -2.28. The van der Waals surface area contributed by atoms with Crippen LogP contribution in [-0.4, -0.2) is 46.5 Å². The van der Waals surface area contributed by atoms with Gasteiger partial charge in [-0.05, 0) is 38.0 Å². The number of hydrogen-bond acceptors (Lipinski definition) is 7. The molecule has 7 nitrogen and oxygen atoms in total. The number of carbonyl (C=O) groups excluding carboxylic acids is 1. The lowest BCUT2D eigenvalue weighted by atomic mass is 10.1. The molecule has 0 bridgehead atoms. The van der Waals surface area contributed by atoms with Gasteiger partial charge in [0.25, 0.3) is 5.91 Å². The number of nitrogens with one attached hydrogen (secondary N) is 1. The predicted molar refractivity (Wildman–Crippen MR) is 116 cm³/mol. The van der Waals surface area contributed by atoms with Crippen molar-refractivity contribution in [1.82, 2.24) is 9.88 Å². The van der Waals surface area contributed by atoms with E-state index in [0.717, 1.165) is 31.6 Å². The molecule has 4 rings (SSSR count). The number of hydrogen-bond donors (Lipinski definition) is 2. The van der Waals surface area contributed by atoms with Gasteiger partial charge in [-0.25, -0.2) is 4.98 Å². The number of rotatable bonds is 6. The largest absolute Gasteiger partial charge is 0.573 e. The van der Waals surface area contributed by atoms with E-state index >= 15 is 0 Å². The van der Waals surface area contributed by atoms with Gasteiger partial charge in [0, 0.05) is 30.6 Å². The molecule has 1 aliphatic heterocycles. The molecule has 33 heavy (non-hydrogen) atoms. The second-order valence-electron chi connectivity index (χ2n) is 7.76. The molecule has 1 amide bonds. The van der Waals surface area contributed by atoms with E-state index in [1.54, 1.807) is 13.0 Å². The SMILES string of the molecule is Cc1oc(-c2cccc(OC(F)(F)F)c2)cc1C(=O)Nc1nc(CN2CCC(O)CC2)cs1. The van der Waals surface area contributed by atoms with Crippen molar-refractivity contribution in [3.63, 3.8) is 0 Å². The number of piperidine rings is 1. The number of benzene rings is 1. The number of nitrogens with zero attached hydrogens (tertiary/aromatic N) is 2. The highest BCUT2D eigenvalue weighted by molar-refractivity contribution is 7.14. The van der Waals surface area contributed by atoms with Crippen LogP contribution in [0.5, 0.6) is 5.75 Å². The first-order valence-corrected chi connectivity index (χ1v) is 11.2. The van der Waals surface area contributed by atoms with E-state index in [2.05, 4.69) is 19.9 Å². The van der Waals surface area contributed by atoms with Crippen molar-refractivity contribution < 1.29 is 32.2 Å². The van der Waals surface area contributed by atoms with Crippen LogP contribution in [0.3, 0.4) is 0 Å². The fraction of sp³-hybridized carbons (Fsp3) is 0.364. The second kappa shape index (κ2) is 9.54. The lowest BCUT2D eigenvalue weighted by molar-refractivity contribution is -0.274. The van der Waals surface area contributed by atoms with Crippen LogP contribution in [0.15, 0.2) is 40.1 Å². The average Bonchev–Trinajstić information content (AvgIpc) is 3.35. The van der Waals surface area contributed by atoms with Gasteiger partial charge in [0.2, 0.25) is 0 Å². The summed E-state index contributed by atoms with van der Waals surface area (Å²) in [6.45, 7) is 3.84. The zero-order chi connectivity index (χ0) is 23.6. The molecule has 0 atom stereocenters. The standard InChI is InChI=1S/C22H22F3N3O4S/c1-13-18(10-19(31-13)14-3-2-4-17(9-14)32-22(23,24)25)20(30)27-21-26-15(12-33-21)11-28-7-5-16(29)6-8-28/h2-4,9-10,12,16,29H,5-8,11H2,1H3,(H,26,27,30). The predicted octanol–water partition coefficient (Wildman–Crippen LogP) is 4.82. The van der Waals surface area contributed by atoms with Crippen LogP contribution in [0, 0.1) is 6.92 Å². The monoisotopic (exact) mass is 481 g/mol. The minimum atomic E-state index is -4.80. The molecule has 0 spiro atoms. The Hall–Kier alpha value is -2.89. The lowest BCUT2D eigenvalue weighted by Crippen LogP contribution is -2.35. The minimum absolute atomic E-state index is 0.241. The smallest absolute Gasteiger partial charge is 0.461 e. The normalized spacial score (nSPS) is 15.5. The molecule has 176 valence electrons. The number of thiazole rings is 1. The highest BCUT2D eigenvalue weighted by atomic mass is 32.1. The summed E-state index contributed by atoms with van der Waals surface area (Å²) in [5, 5.41) is 14.7. The molecule has 1 aliphatic rings. The number of furan rings is 1. The molecule has 2 aromatic heterocycles. The number of halogens is 3. The Labute approximate surface area is 191 Å². The number of aliphatic hydroxyl groups is 1. The van der Waals surface area contributed by atoms with Gasteiger partial charge in [-0.15, -0.1) is 24.5 Å². The van der Waals surface area contributed by atoms with Crippen molar-refractivity contribution >= 4 is 22.4 Å². The van der Waals surface area contributed by atoms with Crippen LogP contribution >= 0.6 is 11.3 Å². The Bertz CT molecular complexity index is 1120. The van der Waals surface area contributed by atoms with Crippen molar-refractivity contribution in [3.8, 4) is 17.1 Å². The Balaban J connectivity index is 1.42. The van der Waals surface area contributed by atoms with Gasteiger partial charge in [-0.1, -0.05) is 12.1 Å². The molecule has 3 heterocycles. The van der Waals surface area contributed by atoms with Gasteiger partial charge in [-0.3, -0.25) is 15.0 Å². The van der Waals surface area contributed by atoms with Gasteiger partial charge in [0.05, 0.1) is 17.4 Å². The maximum atomic E-state index is 12.8. The second-order valence-corrected chi connectivity index (χ2v) is 8.62. The van der Waals surface area contributed by atoms with Gasteiger partial charge >= 0.3 is 6.36 Å². The van der Waals surface area contributed by atoms with Crippen molar-refractivity contribution in [2.45, 2.75) is 38.8 Å². The van der Waals surface area contributed by atoms with Gasteiger partial charge in [-0.2, -0.15) is 0 Å². The quantitative estimate of drug-likeness (QED) is 0.525. The van der Waals surface area contributed by atoms with Crippen LogP contribution in [0.2, 0.25) is 0 Å². The molecule has 2 N–H and O–H groups in total. The Morgan fingerprint density at radius 1 is 1.33 bits per heavy atom. The van der Waals surface area contributed by atoms with E-state index in [9.17, 15) is 23.1 Å². The topological polar surface area (TPSA) is 87.8 Å². The maximum absolute atomic E-state index is 12.8. The maximum Gasteiger partial charge on any atom is 0.573 e. The van der Waals surface area contributed by atoms with Gasteiger partial charge < -0.3 is 14.3 Å². The third-order valence-corrected chi connectivity index (χ3v) is 6.04. The van der Waals surface area contributed by atoms with Crippen molar-refractivity contribution in [2.24, 2.45) is 0 Å². The average molecular weight is 481 g/mol. The van der Waals surface area contributed by atoms with E-state index in [4.69, 9.17) is 4.42 Å². The first kappa shape index (κ1) is 23.3. The molecule has 1 aromatic carbocycles. The number of likely N-dealkylation sites (tertiary alicyclic amines) is 1. The number of aromatic nitrogens is 1. The molecule has 0 unspecified atom stereocenters. The third kappa shape index (κ3) is 6.12.